The summed E-state index contributed by atoms with van der Waals surface area (Å²) < 4.78 is 36.6. The molecule has 0 unspecified atom stereocenters. The Morgan fingerprint density at radius 3 is 2.47 bits per heavy atom. The average molecular weight is 498 g/mol. The molecule has 34 heavy (non-hydrogen) atoms. The first-order valence-corrected chi connectivity index (χ1v) is 11.9. The Morgan fingerprint density at radius 1 is 1.03 bits per heavy atom. The largest absolute Gasteiger partial charge is 0.493 e. The minimum absolute atomic E-state index is 0.00679. The van der Waals surface area contributed by atoms with Gasteiger partial charge in [-0.05, 0) is 49.4 Å². The number of methoxy groups -OCH3 is 1. The molecule has 3 aromatic carbocycles. The molecule has 1 amide bonds. The van der Waals surface area contributed by atoms with Gasteiger partial charge in [-0.15, -0.1) is 5.10 Å². The van der Waals surface area contributed by atoms with E-state index in [0.29, 0.717) is 27.4 Å². The quantitative estimate of drug-likeness (QED) is 0.382. The standard InChI is InChI=1S/C24H20ClN3O5S/c1-15-9-11-19(12-10-15)34(30,31)28-27-24-20(23(29)26-18-7-4-6-17(25)14-18)13-16-5-3-8-21(32-2)22(16)33-24/h3-14,28H,1-2H3,(H,26,29). The number of ether oxygens (including phenoxy) is 1. The van der Waals surface area contributed by atoms with Crippen molar-refractivity contribution in [1.29, 1.82) is 0 Å². The number of carbonyl (C=O) groups excluding carboxylic acids is 1. The molecular weight excluding hydrogens is 478 g/mol. The van der Waals surface area contributed by atoms with E-state index in [1.54, 1.807) is 60.7 Å². The van der Waals surface area contributed by atoms with Crippen molar-refractivity contribution in [3.8, 4) is 5.75 Å². The maximum Gasteiger partial charge on any atom is 0.276 e. The number of carbonyl (C=O) groups is 1. The molecule has 174 valence electrons. The number of nitrogens with zero attached hydrogens (tertiary/aromatic N) is 1. The molecule has 0 spiro atoms. The van der Waals surface area contributed by atoms with Crippen LogP contribution in [0.3, 0.4) is 0 Å². The molecule has 0 saturated heterocycles. The first kappa shape index (κ1) is 23.3. The van der Waals surface area contributed by atoms with Crippen LogP contribution < -0.4 is 20.4 Å². The molecule has 8 nitrogen and oxygen atoms in total. The second-order valence-corrected chi connectivity index (χ2v) is 9.43. The number of anilines is 1. The van der Waals surface area contributed by atoms with Gasteiger partial charge in [-0.2, -0.15) is 13.2 Å². The molecule has 10 heteroatoms. The number of nitrogens with one attached hydrogen (secondary N) is 2. The Hall–Kier alpha value is -3.82. The molecule has 0 aliphatic carbocycles. The summed E-state index contributed by atoms with van der Waals surface area (Å²) in [5.74, 6) is -0.166. The van der Waals surface area contributed by atoms with Gasteiger partial charge in [0.1, 0.15) is 5.56 Å². The van der Waals surface area contributed by atoms with Crippen molar-refractivity contribution >= 4 is 44.2 Å². The zero-order chi connectivity index (χ0) is 24.3. The van der Waals surface area contributed by atoms with Gasteiger partial charge in [0.25, 0.3) is 15.9 Å². The number of para-hydroxylation sites is 1. The number of fused-ring (bicyclic) bond motifs is 1. The summed E-state index contributed by atoms with van der Waals surface area (Å²) in [6, 6.07) is 19.6. The number of aryl methyl sites for hydroxylation is 1. The van der Waals surface area contributed by atoms with Crippen LogP contribution in [0.5, 0.6) is 5.75 Å². The summed E-state index contributed by atoms with van der Waals surface area (Å²) in [6.45, 7) is 1.85. The molecule has 4 aromatic rings. The molecule has 0 aliphatic heterocycles. The third kappa shape index (κ3) is 5.05. The molecule has 0 radical (unpaired) electrons. The molecule has 0 saturated carbocycles. The van der Waals surface area contributed by atoms with Gasteiger partial charge >= 0.3 is 0 Å². The smallest absolute Gasteiger partial charge is 0.276 e. The number of benzene rings is 3. The highest BCUT2D eigenvalue weighted by Gasteiger charge is 2.17. The molecule has 0 atom stereocenters. The van der Waals surface area contributed by atoms with Gasteiger partial charge in [-0.1, -0.05) is 47.5 Å². The zero-order valence-electron chi connectivity index (χ0n) is 18.2. The lowest BCUT2D eigenvalue weighted by Gasteiger charge is -2.09. The van der Waals surface area contributed by atoms with Crippen molar-refractivity contribution < 1.29 is 22.4 Å². The molecule has 0 aliphatic rings. The monoisotopic (exact) mass is 497 g/mol. The predicted molar refractivity (Wildman–Crippen MR) is 129 cm³/mol. The number of halogens is 1. The first-order chi connectivity index (χ1) is 16.3. The summed E-state index contributed by atoms with van der Waals surface area (Å²) in [6.07, 6.45) is 0. The fourth-order valence-electron chi connectivity index (χ4n) is 3.17. The molecule has 1 heterocycles. The lowest BCUT2D eigenvalue weighted by Crippen LogP contribution is -2.27. The van der Waals surface area contributed by atoms with Crippen LogP contribution in [0.2, 0.25) is 5.02 Å². The Kier molecular flexibility index (Phi) is 6.58. The van der Waals surface area contributed by atoms with Crippen LogP contribution in [-0.4, -0.2) is 21.4 Å². The average Bonchev–Trinajstić information content (AvgIpc) is 2.82. The second kappa shape index (κ2) is 9.58. The van der Waals surface area contributed by atoms with Crippen LogP contribution in [0.1, 0.15) is 15.9 Å². The molecule has 0 fully saturated rings. The van der Waals surface area contributed by atoms with Crippen LogP contribution >= 0.6 is 11.6 Å². The van der Waals surface area contributed by atoms with Crippen LogP contribution in [0, 0.1) is 6.92 Å². The Labute approximate surface area is 200 Å². The van der Waals surface area contributed by atoms with Gasteiger partial charge in [0.2, 0.25) is 5.55 Å². The molecular formula is C24H20ClN3O5S. The molecule has 4 rings (SSSR count). The van der Waals surface area contributed by atoms with Crippen LogP contribution in [-0.2, 0) is 10.0 Å². The Balaban J connectivity index is 1.80. The normalized spacial score (nSPS) is 11.9. The highest BCUT2D eigenvalue weighted by molar-refractivity contribution is 7.89. The van der Waals surface area contributed by atoms with Crippen LogP contribution in [0.4, 0.5) is 5.69 Å². The van der Waals surface area contributed by atoms with Gasteiger partial charge < -0.3 is 14.5 Å². The molecule has 0 bridgehead atoms. The third-order valence-corrected chi connectivity index (χ3v) is 6.34. The van der Waals surface area contributed by atoms with Crippen molar-refractivity contribution in [2.24, 2.45) is 5.10 Å². The predicted octanol–water partition coefficient (Wildman–Crippen LogP) is 4.45. The van der Waals surface area contributed by atoms with E-state index < -0.39 is 15.9 Å². The third-order valence-electron chi connectivity index (χ3n) is 4.88. The van der Waals surface area contributed by atoms with Crippen LogP contribution in [0.25, 0.3) is 11.0 Å². The minimum atomic E-state index is -4.01. The van der Waals surface area contributed by atoms with Gasteiger partial charge in [0.05, 0.1) is 12.0 Å². The molecule has 1 aromatic heterocycles. The van der Waals surface area contributed by atoms with Crippen molar-refractivity contribution in [1.82, 2.24) is 4.83 Å². The Morgan fingerprint density at radius 2 is 1.76 bits per heavy atom. The first-order valence-electron chi connectivity index (χ1n) is 10.1. The fraction of sp³-hybridized carbons (Fsp3) is 0.0833. The summed E-state index contributed by atoms with van der Waals surface area (Å²) in [5.41, 5.74) is 1.43. The lowest BCUT2D eigenvalue weighted by molar-refractivity contribution is 0.102. The Bertz CT molecular complexity index is 1550. The van der Waals surface area contributed by atoms with Crippen molar-refractivity contribution in [2.75, 3.05) is 12.4 Å². The van der Waals surface area contributed by atoms with Crippen LogP contribution in [0.15, 0.2) is 87.2 Å². The maximum absolute atomic E-state index is 13.1. The number of hydrogen-bond acceptors (Lipinski definition) is 6. The van der Waals surface area contributed by atoms with Gasteiger partial charge in [-0.25, -0.2) is 0 Å². The highest BCUT2D eigenvalue weighted by Crippen LogP contribution is 2.25. The van der Waals surface area contributed by atoms with Gasteiger partial charge in [0, 0.05) is 16.1 Å². The molecule has 2 N–H and O–H groups in total. The van der Waals surface area contributed by atoms with Crippen molar-refractivity contribution in [3.05, 3.63) is 94.5 Å². The van der Waals surface area contributed by atoms with E-state index in [9.17, 15) is 13.2 Å². The summed E-state index contributed by atoms with van der Waals surface area (Å²) in [5, 5.41) is 7.66. The topological polar surface area (TPSA) is 110 Å². The van der Waals surface area contributed by atoms with Crippen molar-refractivity contribution in [2.45, 2.75) is 11.8 Å². The number of sulfonamides is 1. The van der Waals surface area contributed by atoms with E-state index in [1.807, 2.05) is 6.92 Å². The number of rotatable bonds is 6. The zero-order valence-corrected chi connectivity index (χ0v) is 19.8. The van der Waals surface area contributed by atoms with E-state index in [0.717, 1.165) is 5.56 Å². The van der Waals surface area contributed by atoms with E-state index in [4.69, 9.17) is 20.8 Å². The van der Waals surface area contributed by atoms with E-state index in [-0.39, 0.29) is 16.0 Å². The summed E-state index contributed by atoms with van der Waals surface area (Å²) >= 11 is 6.01. The number of hydrogen-bond donors (Lipinski definition) is 2. The van der Waals surface area contributed by atoms with Crippen molar-refractivity contribution in [3.63, 3.8) is 0 Å². The summed E-state index contributed by atoms with van der Waals surface area (Å²) in [4.78, 5) is 15.3. The second-order valence-electron chi connectivity index (χ2n) is 7.33. The minimum Gasteiger partial charge on any atom is -0.493 e. The number of amides is 1. The maximum atomic E-state index is 13.1. The summed E-state index contributed by atoms with van der Waals surface area (Å²) in [7, 11) is -2.54. The lowest BCUT2D eigenvalue weighted by atomic mass is 10.1. The highest BCUT2D eigenvalue weighted by atomic mass is 35.5. The fourth-order valence-corrected chi connectivity index (χ4v) is 4.16. The van der Waals surface area contributed by atoms with E-state index >= 15 is 0 Å². The van der Waals surface area contributed by atoms with E-state index in [2.05, 4.69) is 15.2 Å². The van der Waals surface area contributed by atoms with E-state index in [1.165, 1.54) is 19.2 Å². The van der Waals surface area contributed by atoms with Gasteiger partial charge in [0.15, 0.2) is 11.3 Å². The SMILES string of the molecule is COc1cccc2cc(C(=O)Nc3cccc(Cl)c3)c(=NNS(=O)(=O)c3ccc(C)cc3)oc12. The van der Waals surface area contributed by atoms with Gasteiger partial charge in [-0.3, -0.25) is 4.79 Å².